The fraction of sp³-hybridized carbons (Fsp3) is 0.619. The third kappa shape index (κ3) is 7.71. The number of methoxy groups -OCH3 is 1. The second kappa shape index (κ2) is 12.1. The maximum absolute atomic E-state index is 13.4. The van der Waals surface area contributed by atoms with E-state index in [0.717, 1.165) is 5.56 Å². The highest BCUT2D eigenvalue weighted by atomic mass is 33.1. The number of hydrogen-bond donors (Lipinski definition) is 1. The van der Waals surface area contributed by atoms with Gasteiger partial charge in [0.05, 0.1) is 32.8 Å². The zero-order valence-corrected chi connectivity index (χ0v) is 21.4. The Balaban J connectivity index is 1.61. The van der Waals surface area contributed by atoms with Crippen molar-refractivity contribution >= 4 is 41.3 Å². The number of nitrogens with one attached hydrogen (secondary N) is 1. The smallest absolute Gasteiger partial charge is 0.469 e. The minimum absolute atomic E-state index is 0.0174. The Labute approximate surface area is 202 Å². The van der Waals surface area contributed by atoms with Gasteiger partial charge in [-0.2, -0.15) is 0 Å². The van der Waals surface area contributed by atoms with E-state index in [4.69, 9.17) is 18.3 Å². The van der Waals surface area contributed by atoms with Crippen LogP contribution in [0.4, 0.5) is 0 Å². The first-order valence-electron chi connectivity index (χ1n) is 10.6. The predicted octanol–water partition coefficient (Wildman–Crippen LogP) is 3.58. The highest BCUT2D eigenvalue weighted by Gasteiger charge is 2.50. The van der Waals surface area contributed by atoms with E-state index in [1.165, 1.54) is 7.11 Å². The number of hydrogen-bond acceptors (Lipinski definition) is 10. The van der Waals surface area contributed by atoms with Gasteiger partial charge in [-0.15, -0.1) is 0 Å². The number of esters is 1. The van der Waals surface area contributed by atoms with E-state index < -0.39 is 37.3 Å². The van der Waals surface area contributed by atoms with E-state index in [2.05, 4.69) is 10.1 Å². The van der Waals surface area contributed by atoms with Crippen molar-refractivity contribution in [3.63, 3.8) is 0 Å². The van der Waals surface area contributed by atoms with Gasteiger partial charge in [0, 0.05) is 23.5 Å². The van der Waals surface area contributed by atoms with Gasteiger partial charge in [0.1, 0.15) is 6.10 Å². The topological polar surface area (TPSA) is 109 Å². The van der Waals surface area contributed by atoms with Crippen molar-refractivity contribution in [2.45, 2.75) is 45.2 Å². The van der Waals surface area contributed by atoms with Gasteiger partial charge < -0.3 is 14.8 Å². The molecule has 2 saturated heterocycles. The molecule has 1 amide bonds. The number of benzene rings is 1. The van der Waals surface area contributed by atoms with Crippen LogP contribution in [0.25, 0.3) is 0 Å². The molecule has 184 valence electrons. The molecule has 2 aliphatic rings. The summed E-state index contributed by atoms with van der Waals surface area (Å²) >= 11 is 0. The van der Waals surface area contributed by atoms with Gasteiger partial charge in [0.25, 0.3) is 0 Å². The van der Waals surface area contributed by atoms with Gasteiger partial charge in [-0.25, -0.2) is 4.57 Å². The predicted molar refractivity (Wildman–Crippen MR) is 127 cm³/mol. The van der Waals surface area contributed by atoms with Crippen LogP contribution in [0.15, 0.2) is 30.3 Å². The van der Waals surface area contributed by atoms with Crippen LogP contribution in [0.2, 0.25) is 0 Å². The molecule has 0 aromatic heterocycles. The average Bonchev–Trinajstić information content (AvgIpc) is 2.81. The van der Waals surface area contributed by atoms with Gasteiger partial charge >= 0.3 is 13.8 Å². The van der Waals surface area contributed by atoms with Crippen molar-refractivity contribution in [3.05, 3.63) is 35.9 Å². The largest absolute Gasteiger partial charge is 0.475 e. The van der Waals surface area contributed by atoms with E-state index in [-0.39, 0.29) is 25.7 Å². The Morgan fingerprint density at radius 2 is 1.88 bits per heavy atom. The molecule has 33 heavy (non-hydrogen) atoms. The Morgan fingerprint density at radius 1 is 1.18 bits per heavy atom. The first kappa shape index (κ1) is 26.5. The van der Waals surface area contributed by atoms with Crippen LogP contribution in [-0.2, 0) is 43.8 Å². The maximum atomic E-state index is 13.4. The van der Waals surface area contributed by atoms with E-state index >= 15 is 0 Å². The average molecular weight is 520 g/mol. The van der Waals surface area contributed by atoms with Gasteiger partial charge in [0.2, 0.25) is 5.91 Å². The molecule has 1 aromatic rings. The number of amides is 1. The number of carbonyl (C=O) groups is 2. The molecule has 2 aliphatic heterocycles. The Morgan fingerprint density at radius 3 is 2.58 bits per heavy atom. The standard InChI is InChI=1S/C21H30NO8PS2/c1-21(2)14-28-31(25,30-19(21)20(24)22-10-9-18(23)26-3)29-17-13-33-32-12-16(17)27-11-15-7-5-4-6-8-15/h4-8,16-17,19H,9-14H2,1-3H3,(H,22,24)/t16-,17-,19+,31?/m1/s1. The monoisotopic (exact) mass is 519 g/mol. The Kier molecular flexibility index (Phi) is 9.70. The van der Waals surface area contributed by atoms with E-state index in [0.29, 0.717) is 18.1 Å². The first-order valence-corrected chi connectivity index (χ1v) is 14.5. The molecule has 0 spiro atoms. The summed E-state index contributed by atoms with van der Waals surface area (Å²) in [6.45, 7) is 4.06. The molecule has 0 radical (unpaired) electrons. The van der Waals surface area contributed by atoms with E-state index in [1.54, 1.807) is 35.4 Å². The van der Waals surface area contributed by atoms with E-state index in [1.807, 2.05) is 30.3 Å². The second-order valence-electron chi connectivity index (χ2n) is 8.36. The lowest BCUT2D eigenvalue weighted by molar-refractivity contribution is -0.144. The molecule has 2 fully saturated rings. The summed E-state index contributed by atoms with van der Waals surface area (Å²) in [5.41, 5.74) is 0.286. The van der Waals surface area contributed by atoms with Crippen LogP contribution in [0, 0.1) is 5.41 Å². The normalized spacial score (nSPS) is 29.2. The summed E-state index contributed by atoms with van der Waals surface area (Å²) in [7, 11) is 0.517. The number of phosphoric acid groups is 1. The number of rotatable bonds is 9. The van der Waals surface area contributed by atoms with E-state index in [9.17, 15) is 14.2 Å². The molecule has 12 heteroatoms. The lowest BCUT2D eigenvalue weighted by atomic mass is 9.87. The van der Waals surface area contributed by atoms with Crippen molar-refractivity contribution in [1.29, 1.82) is 0 Å². The molecular weight excluding hydrogens is 489 g/mol. The number of carbonyl (C=O) groups excluding carboxylic acids is 2. The minimum atomic E-state index is -4.02. The lowest BCUT2D eigenvalue weighted by Gasteiger charge is -2.41. The first-order chi connectivity index (χ1) is 15.7. The Hall–Kier alpha value is -1.07. The quantitative estimate of drug-likeness (QED) is 0.295. The van der Waals surface area contributed by atoms with Gasteiger partial charge in [-0.3, -0.25) is 23.2 Å². The molecule has 0 aliphatic carbocycles. The molecule has 1 unspecified atom stereocenters. The van der Waals surface area contributed by atoms with Gasteiger partial charge in [-0.05, 0) is 5.56 Å². The van der Waals surface area contributed by atoms with Crippen molar-refractivity contribution in [2.75, 3.05) is 31.8 Å². The van der Waals surface area contributed by atoms with Crippen LogP contribution in [0.5, 0.6) is 0 Å². The Bertz CT molecular complexity index is 856. The van der Waals surface area contributed by atoms with Crippen molar-refractivity contribution < 1.29 is 37.2 Å². The third-order valence-electron chi connectivity index (χ3n) is 5.17. The maximum Gasteiger partial charge on any atom is 0.475 e. The molecule has 3 rings (SSSR count). The van der Waals surface area contributed by atoms with Crippen molar-refractivity contribution in [2.24, 2.45) is 5.41 Å². The summed E-state index contributed by atoms with van der Waals surface area (Å²) in [6.07, 6.45) is -1.87. The highest BCUT2D eigenvalue weighted by Crippen LogP contribution is 2.59. The molecule has 2 heterocycles. The minimum Gasteiger partial charge on any atom is -0.469 e. The van der Waals surface area contributed by atoms with Crippen LogP contribution in [-0.4, -0.2) is 62.0 Å². The molecule has 0 bridgehead atoms. The van der Waals surface area contributed by atoms with Gasteiger partial charge in [-0.1, -0.05) is 65.8 Å². The number of phosphoric ester groups is 1. The van der Waals surface area contributed by atoms with Crippen LogP contribution in [0.1, 0.15) is 25.8 Å². The molecule has 1 N–H and O–H groups in total. The lowest BCUT2D eigenvalue weighted by Crippen LogP contribution is -2.50. The van der Waals surface area contributed by atoms with Crippen LogP contribution < -0.4 is 5.32 Å². The summed E-state index contributed by atoms with van der Waals surface area (Å²) < 4.78 is 41.0. The van der Waals surface area contributed by atoms with Crippen LogP contribution in [0.3, 0.4) is 0 Å². The van der Waals surface area contributed by atoms with Crippen molar-refractivity contribution in [3.8, 4) is 0 Å². The van der Waals surface area contributed by atoms with Crippen molar-refractivity contribution in [1.82, 2.24) is 5.32 Å². The fourth-order valence-corrected chi connectivity index (χ4v) is 7.59. The highest BCUT2D eigenvalue weighted by molar-refractivity contribution is 8.76. The van der Waals surface area contributed by atoms with Crippen LogP contribution >= 0.6 is 29.4 Å². The van der Waals surface area contributed by atoms with Gasteiger partial charge in [0.15, 0.2) is 6.10 Å². The second-order valence-corrected chi connectivity index (χ2v) is 12.5. The zero-order valence-electron chi connectivity index (χ0n) is 18.9. The molecule has 0 saturated carbocycles. The number of ether oxygens (including phenoxy) is 2. The summed E-state index contributed by atoms with van der Waals surface area (Å²) in [5, 5.41) is 2.63. The fourth-order valence-electron chi connectivity index (χ4n) is 3.21. The summed E-state index contributed by atoms with van der Waals surface area (Å²) in [5.74, 6) is 0.276. The SMILES string of the molecule is COC(=O)CCNC(=O)[C@@H]1OP(=O)(O[C@@H]2CSSC[C@H]2OCc2ccccc2)OCC1(C)C. The third-order valence-corrected chi connectivity index (χ3v) is 9.02. The molecule has 1 aromatic carbocycles. The molecular formula is C21H30NO8PS2. The molecule has 4 atom stereocenters. The summed E-state index contributed by atoms with van der Waals surface area (Å²) in [6, 6.07) is 9.77. The summed E-state index contributed by atoms with van der Waals surface area (Å²) in [4.78, 5) is 24.0. The molecule has 9 nitrogen and oxygen atoms in total. The zero-order chi connectivity index (χ0) is 23.9.